The topological polar surface area (TPSA) is 78.9 Å². The quantitative estimate of drug-likeness (QED) is 0.756. The van der Waals surface area contributed by atoms with Crippen LogP contribution in [0.25, 0.3) is 0 Å². The monoisotopic (exact) mass is 244 g/mol. The van der Waals surface area contributed by atoms with Gasteiger partial charge >= 0.3 is 12.0 Å². The first-order chi connectivity index (χ1) is 8.04. The van der Waals surface area contributed by atoms with Crippen molar-refractivity contribution in [3.8, 4) is 0 Å². The molecule has 1 atom stereocenters. The minimum absolute atomic E-state index is 0.0180. The van der Waals surface area contributed by atoms with Crippen molar-refractivity contribution in [2.24, 2.45) is 5.92 Å². The molecule has 0 aromatic heterocycles. The molecule has 1 saturated heterocycles. The number of nitrogens with one attached hydrogen (secondary N) is 1. The molecule has 0 aliphatic carbocycles. The molecule has 0 aromatic carbocycles. The molecular weight excluding hydrogens is 224 g/mol. The largest absolute Gasteiger partial charge is 0.481 e. The van der Waals surface area contributed by atoms with Gasteiger partial charge in [0.1, 0.15) is 0 Å². The number of likely N-dealkylation sites (tertiary alicyclic amines) is 1. The van der Waals surface area contributed by atoms with Crippen LogP contribution in [0.15, 0.2) is 0 Å². The number of carbonyl (C=O) groups excluding carboxylic acids is 1. The van der Waals surface area contributed by atoms with Crippen molar-refractivity contribution in [1.29, 1.82) is 0 Å². The Labute approximate surface area is 101 Å². The van der Waals surface area contributed by atoms with Gasteiger partial charge < -0.3 is 20.1 Å². The van der Waals surface area contributed by atoms with E-state index in [1.807, 2.05) is 6.92 Å². The van der Waals surface area contributed by atoms with E-state index in [2.05, 4.69) is 5.32 Å². The third-order valence-corrected chi connectivity index (χ3v) is 3.07. The number of carboxylic acid groups (broad SMARTS) is 1. The number of methoxy groups -OCH3 is 1. The first-order valence-electron chi connectivity index (χ1n) is 5.83. The first-order valence-corrected chi connectivity index (χ1v) is 5.83. The predicted octanol–water partition coefficient (Wildman–Crippen LogP) is 0.527. The molecule has 1 unspecified atom stereocenters. The number of amides is 2. The van der Waals surface area contributed by atoms with Gasteiger partial charge in [-0.1, -0.05) is 0 Å². The van der Waals surface area contributed by atoms with Crippen LogP contribution < -0.4 is 5.32 Å². The lowest BCUT2D eigenvalue weighted by atomic mass is 9.97. The van der Waals surface area contributed by atoms with Crippen LogP contribution in [0.5, 0.6) is 0 Å². The van der Waals surface area contributed by atoms with Gasteiger partial charge in [-0.3, -0.25) is 4.79 Å². The fourth-order valence-corrected chi connectivity index (χ4v) is 1.76. The summed E-state index contributed by atoms with van der Waals surface area (Å²) in [5, 5.41) is 11.6. The maximum Gasteiger partial charge on any atom is 0.317 e. The summed E-state index contributed by atoms with van der Waals surface area (Å²) in [6, 6.07) is -0.141. The number of aliphatic carboxylic acids is 1. The highest BCUT2D eigenvalue weighted by molar-refractivity contribution is 5.75. The molecule has 0 saturated carbocycles. The minimum atomic E-state index is -0.766. The third-order valence-electron chi connectivity index (χ3n) is 3.07. The molecule has 0 radical (unpaired) electrons. The van der Waals surface area contributed by atoms with Crippen molar-refractivity contribution in [3.63, 3.8) is 0 Å². The van der Waals surface area contributed by atoms with Crippen LogP contribution in [0.3, 0.4) is 0 Å². The molecule has 1 aliphatic heterocycles. The van der Waals surface area contributed by atoms with Gasteiger partial charge in [0.2, 0.25) is 0 Å². The van der Waals surface area contributed by atoms with E-state index >= 15 is 0 Å². The lowest BCUT2D eigenvalue weighted by molar-refractivity contribution is -0.143. The van der Waals surface area contributed by atoms with Gasteiger partial charge in [0, 0.05) is 26.7 Å². The molecule has 98 valence electrons. The van der Waals surface area contributed by atoms with E-state index in [1.165, 1.54) is 0 Å². The number of carboxylic acids is 1. The smallest absolute Gasteiger partial charge is 0.317 e. The second-order valence-electron chi connectivity index (χ2n) is 4.33. The van der Waals surface area contributed by atoms with E-state index in [9.17, 15) is 9.59 Å². The number of urea groups is 1. The molecular formula is C11H20N2O4. The zero-order chi connectivity index (χ0) is 12.8. The number of nitrogens with zero attached hydrogens (tertiary/aromatic N) is 1. The third kappa shape index (κ3) is 4.22. The van der Waals surface area contributed by atoms with E-state index in [4.69, 9.17) is 9.84 Å². The average Bonchev–Trinajstić information content (AvgIpc) is 2.35. The highest BCUT2D eigenvalue weighted by atomic mass is 16.5. The molecule has 2 amide bonds. The molecule has 1 rings (SSSR count). The Balaban J connectivity index is 2.28. The second-order valence-corrected chi connectivity index (χ2v) is 4.33. The van der Waals surface area contributed by atoms with E-state index in [1.54, 1.807) is 12.0 Å². The molecule has 1 aliphatic rings. The summed E-state index contributed by atoms with van der Waals surface area (Å²) in [6.45, 7) is 3.35. The van der Waals surface area contributed by atoms with Gasteiger partial charge in [0.15, 0.2) is 0 Å². The zero-order valence-electron chi connectivity index (χ0n) is 10.3. The van der Waals surface area contributed by atoms with Crippen LogP contribution >= 0.6 is 0 Å². The molecule has 6 heteroatoms. The Kier molecular flexibility index (Phi) is 5.21. The standard InChI is InChI=1S/C11H20N2O4/c1-8(17-2)7-12-11(16)13-5-3-9(4-6-13)10(14)15/h8-9H,3-7H2,1-2H3,(H,12,16)(H,14,15). The average molecular weight is 244 g/mol. The number of piperidine rings is 1. The minimum Gasteiger partial charge on any atom is -0.481 e. The van der Waals surface area contributed by atoms with Gasteiger partial charge in [0.25, 0.3) is 0 Å². The molecule has 1 heterocycles. The summed E-state index contributed by atoms with van der Waals surface area (Å²) in [6.07, 6.45) is 1.04. The Hall–Kier alpha value is -1.30. The fraction of sp³-hybridized carbons (Fsp3) is 0.818. The van der Waals surface area contributed by atoms with Crippen LogP contribution in [0.1, 0.15) is 19.8 Å². The van der Waals surface area contributed by atoms with Crippen LogP contribution in [0.2, 0.25) is 0 Å². The molecule has 6 nitrogen and oxygen atoms in total. The summed E-state index contributed by atoms with van der Waals surface area (Å²) in [5.41, 5.74) is 0. The van der Waals surface area contributed by atoms with Gasteiger partial charge in [-0.15, -0.1) is 0 Å². The molecule has 17 heavy (non-hydrogen) atoms. The Morgan fingerprint density at radius 1 is 1.47 bits per heavy atom. The molecule has 1 fully saturated rings. The van der Waals surface area contributed by atoms with Crippen LogP contribution in [0, 0.1) is 5.92 Å². The van der Waals surface area contributed by atoms with E-state index in [0.29, 0.717) is 32.5 Å². The zero-order valence-corrected chi connectivity index (χ0v) is 10.3. The summed E-state index contributed by atoms with van der Waals surface area (Å²) < 4.78 is 5.03. The molecule has 2 N–H and O–H groups in total. The number of rotatable bonds is 4. The maximum absolute atomic E-state index is 11.7. The van der Waals surface area contributed by atoms with E-state index in [-0.39, 0.29) is 18.1 Å². The van der Waals surface area contributed by atoms with E-state index < -0.39 is 5.97 Å². The van der Waals surface area contributed by atoms with Gasteiger partial charge in [-0.2, -0.15) is 0 Å². The summed E-state index contributed by atoms with van der Waals surface area (Å²) in [4.78, 5) is 24.1. The van der Waals surface area contributed by atoms with Gasteiger partial charge in [-0.05, 0) is 19.8 Å². The fourth-order valence-electron chi connectivity index (χ4n) is 1.76. The SMILES string of the molecule is COC(C)CNC(=O)N1CCC(C(=O)O)CC1. The predicted molar refractivity (Wildman–Crippen MR) is 61.8 cm³/mol. The number of hydrogen-bond donors (Lipinski definition) is 2. The van der Waals surface area contributed by atoms with Crippen LogP contribution in [0.4, 0.5) is 4.79 Å². The Morgan fingerprint density at radius 3 is 2.53 bits per heavy atom. The number of hydrogen-bond acceptors (Lipinski definition) is 3. The van der Waals surface area contributed by atoms with Crippen LogP contribution in [-0.2, 0) is 9.53 Å². The molecule has 0 spiro atoms. The number of ether oxygens (including phenoxy) is 1. The first kappa shape index (κ1) is 13.8. The highest BCUT2D eigenvalue weighted by Crippen LogP contribution is 2.17. The number of carbonyl (C=O) groups is 2. The van der Waals surface area contributed by atoms with Crippen molar-refractivity contribution >= 4 is 12.0 Å². The summed E-state index contributed by atoms with van der Waals surface area (Å²) in [7, 11) is 1.59. The Bertz CT molecular complexity index is 275. The van der Waals surface area contributed by atoms with Crippen LogP contribution in [-0.4, -0.2) is 54.9 Å². The lowest BCUT2D eigenvalue weighted by Gasteiger charge is -2.30. The van der Waals surface area contributed by atoms with E-state index in [0.717, 1.165) is 0 Å². The maximum atomic E-state index is 11.7. The van der Waals surface area contributed by atoms with Crippen molar-refractivity contribution in [1.82, 2.24) is 10.2 Å². The highest BCUT2D eigenvalue weighted by Gasteiger charge is 2.26. The molecule has 0 bridgehead atoms. The normalized spacial score (nSPS) is 18.8. The second kappa shape index (κ2) is 6.44. The summed E-state index contributed by atoms with van der Waals surface area (Å²) >= 11 is 0. The van der Waals surface area contributed by atoms with Gasteiger partial charge in [-0.25, -0.2) is 4.79 Å². The molecule has 0 aromatic rings. The van der Waals surface area contributed by atoms with Crippen molar-refractivity contribution in [2.75, 3.05) is 26.7 Å². The van der Waals surface area contributed by atoms with Crippen molar-refractivity contribution in [3.05, 3.63) is 0 Å². The lowest BCUT2D eigenvalue weighted by Crippen LogP contribution is -2.47. The van der Waals surface area contributed by atoms with Gasteiger partial charge in [0.05, 0.1) is 12.0 Å². The Morgan fingerprint density at radius 2 is 2.06 bits per heavy atom. The van der Waals surface area contributed by atoms with Crippen molar-refractivity contribution in [2.45, 2.75) is 25.9 Å². The summed E-state index contributed by atoms with van der Waals surface area (Å²) in [5.74, 6) is -1.07. The van der Waals surface area contributed by atoms with Crippen molar-refractivity contribution < 1.29 is 19.4 Å².